The Hall–Kier alpha value is -1.85. The molecule has 2 N–H and O–H groups in total. The van der Waals surface area contributed by atoms with E-state index in [1.54, 1.807) is 7.11 Å². The molecule has 0 saturated heterocycles. The second-order valence-electron chi connectivity index (χ2n) is 4.22. The molecule has 1 heterocycles. The fraction of sp³-hybridized carbons (Fsp3) is 0.357. The molecule has 2 aromatic rings. The Morgan fingerprint density at radius 3 is 2.89 bits per heavy atom. The summed E-state index contributed by atoms with van der Waals surface area (Å²) in [6.07, 6.45) is 3.83. The minimum absolute atomic E-state index is 0.611. The molecule has 0 spiro atoms. The van der Waals surface area contributed by atoms with Crippen molar-refractivity contribution >= 4 is 5.69 Å². The number of ether oxygens (including phenoxy) is 2. The zero-order chi connectivity index (χ0) is 13.5. The minimum atomic E-state index is 0.611. The number of benzene rings is 1. The van der Waals surface area contributed by atoms with Crippen LogP contribution in [0.2, 0.25) is 0 Å². The van der Waals surface area contributed by atoms with E-state index in [0.717, 1.165) is 23.4 Å². The molecule has 0 amide bonds. The van der Waals surface area contributed by atoms with E-state index in [1.165, 1.54) is 0 Å². The van der Waals surface area contributed by atoms with Gasteiger partial charge in [-0.3, -0.25) is 4.68 Å². The molecular formula is C14H19N3O2. The molecule has 2 rings (SSSR count). The maximum absolute atomic E-state index is 5.77. The van der Waals surface area contributed by atoms with Crippen molar-refractivity contribution in [3.05, 3.63) is 36.7 Å². The second kappa shape index (κ2) is 6.92. The maximum Gasteiger partial charge on any atom is 0.0701 e. The van der Waals surface area contributed by atoms with Gasteiger partial charge in [0.25, 0.3) is 0 Å². The number of nitrogens with two attached hydrogens (primary N) is 1. The lowest BCUT2D eigenvalue weighted by Crippen LogP contribution is -2.09. The highest BCUT2D eigenvalue weighted by molar-refractivity contribution is 5.65. The van der Waals surface area contributed by atoms with Gasteiger partial charge in [0.15, 0.2) is 0 Å². The van der Waals surface area contributed by atoms with Gasteiger partial charge in [0.05, 0.1) is 32.6 Å². The highest BCUT2D eigenvalue weighted by atomic mass is 16.5. The monoisotopic (exact) mass is 261 g/mol. The van der Waals surface area contributed by atoms with Crippen molar-refractivity contribution in [2.45, 2.75) is 6.54 Å². The highest BCUT2D eigenvalue weighted by Gasteiger charge is 2.02. The summed E-state index contributed by atoms with van der Waals surface area (Å²) in [6.45, 7) is 2.58. The van der Waals surface area contributed by atoms with E-state index in [1.807, 2.05) is 41.3 Å². The van der Waals surface area contributed by atoms with Crippen LogP contribution in [-0.4, -0.2) is 36.7 Å². The fourth-order valence-corrected chi connectivity index (χ4v) is 1.76. The fourth-order valence-electron chi connectivity index (χ4n) is 1.76. The summed E-state index contributed by atoms with van der Waals surface area (Å²) in [5, 5.41) is 4.30. The standard InChI is InChI=1S/C14H19N3O2/c1-18-7-8-19-6-5-17-11-13(10-16-17)12-3-2-4-14(15)9-12/h2-4,9-11H,5-8,15H2,1H3. The van der Waals surface area contributed by atoms with Gasteiger partial charge >= 0.3 is 0 Å². The van der Waals surface area contributed by atoms with Crippen LogP contribution in [0.1, 0.15) is 0 Å². The van der Waals surface area contributed by atoms with E-state index in [-0.39, 0.29) is 0 Å². The first kappa shape index (κ1) is 13.6. The van der Waals surface area contributed by atoms with Gasteiger partial charge in [-0.15, -0.1) is 0 Å². The summed E-state index contributed by atoms with van der Waals surface area (Å²) >= 11 is 0. The SMILES string of the molecule is COCCOCCn1cc(-c2cccc(N)c2)cn1. The number of methoxy groups -OCH3 is 1. The molecule has 1 aromatic carbocycles. The third kappa shape index (κ3) is 4.08. The van der Waals surface area contributed by atoms with E-state index >= 15 is 0 Å². The van der Waals surface area contributed by atoms with Crippen LogP contribution < -0.4 is 5.73 Å². The van der Waals surface area contributed by atoms with Gasteiger partial charge in [-0.25, -0.2) is 0 Å². The third-order valence-electron chi connectivity index (χ3n) is 2.75. The van der Waals surface area contributed by atoms with Gasteiger partial charge < -0.3 is 15.2 Å². The first-order valence-electron chi connectivity index (χ1n) is 6.24. The van der Waals surface area contributed by atoms with E-state index < -0.39 is 0 Å². The van der Waals surface area contributed by atoms with Gasteiger partial charge in [0, 0.05) is 24.6 Å². The molecule has 5 heteroatoms. The van der Waals surface area contributed by atoms with Crippen LogP contribution >= 0.6 is 0 Å². The lowest BCUT2D eigenvalue weighted by atomic mass is 10.1. The van der Waals surface area contributed by atoms with Gasteiger partial charge in [-0.2, -0.15) is 5.10 Å². The Balaban J connectivity index is 1.88. The van der Waals surface area contributed by atoms with Crippen LogP contribution in [0, 0.1) is 0 Å². The Bertz CT molecular complexity index is 511. The average Bonchev–Trinajstić information content (AvgIpc) is 2.87. The summed E-state index contributed by atoms with van der Waals surface area (Å²) in [5.74, 6) is 0. The zero-order valence-electron chi connectivity index (χ0n) is 11.1. The van der Waals surface area contributed by atoms with Crippen LogP contribution in [0.5, 0.6) is 0 Å². The molecule has 0 fully saturated rings. The van der Waals surface area contributed by atoms with Crippen molar-refractivity contribution in [2.75, 3.05) is 32.7 Å². The van der Waals surface area contributed by atoms with E-state index in [4.69, 9.17) is 15.2 Å². The van der Waals surface area contributed by atoms with E-state index in [9.17, 15) is 0 Å². The first-order valence-corrected chi connectivity index (χ1v) is 6.24. The summed E-state index contributed by atoms with van der Waals surface area (Å²) in [5.41, 5.74) is 8.66. The molecule has 0 radical (unpaired) electrons. The van der Waals surface area contributed by atoms with Gasteiger partial charge in [-0.05, 0) is 17.7 Å². The van der Waals surface area contributed by atoms with Crippen molar-refractivity contribution in [3.63, 3.8) is 0 Å². The number of anilines is 1. The van der Waals surface area contributed by atoms with Crippen LogP contribution in [0.25, 0.3) is 11.1 Å². The van der Waals surface area contributed by atoms with Crippen molar-refractivity contribution in [3.8, 4) is 11.1 Å². The molecule has 1 aromatic heterocycles. The molecule has 0 saturated carbocycles. The van der Waals surface area contributed by atoms with Gasteiger partial charge in [-0.1, -0.05) is 12.1 Å². The molecule has 19 heavy (non-hydrogen) atoms. The lowest BCUT2D eigenvalue weighted by Gasteiger charge is -2.03. The average molecular weight is 261 g/mol. The highest BCUT2D eigenvalue weighted by Crippen LogP contribution is 2.20. The van der Waals surface area contributed by atoms with Crippen molar-refractivity contribution in [1.29, 1.82) is 0 Å². The number of aromatic nitrogens is 2. The lowest BCUT2D eigenvalue weighted by molar-refractivity contribution is 0.0654. The maximum atomic E-state index is 5.77. The first-order chi connectivity index (χ1) is 9.29. The molecule has 0 aliphatic rings. The largest absolute Gasteiger partial charge is 0.399 e. The minimum Gasteiger partial charge on any atom is -0.399 e. The molecule has 5 nitrogen and oxygen atoms in total. The molecule has 0 bridgehead atoms. The van der Waals surface area contributed by atoms with Gasteiger partial charge in [0.1, 0.15) is 0 Å². The molecular weight excluding hydrogens is 242 g/mol. The van der Waals surface area contributed by atoms with E-state index in [0.29, 0.717) is 19.8 Å². The zero-order valence-corrected chi connectivity index (χ0v) is 11.1. The van der Waals surface area contributed by atoms with Crippen LogP contribution in [0.3, 0.4) is 0 Å². The predicted octanol–water partition coefficient (Wildman–Crippen LogP) is 1.80. The molecule has 0 aliphatic heterocycles. The smallest absolute Gasteiger partial charge is 0.0701 e. The quantitative estimate of drug-likeness (QED) is 0.610. The van der Waals surface area contributed by atoms with Crippen LogP contribution in [0.4, 0.5) is 5.69 Å². The molecule has 0 unspecified atom stereocenters. The summed E-state index contributed by atoms with van der Waals surface area (Å²) in [7, 11) is 1.66. The molecule has 0 aliphatic carbocycles. The normalized spacial score (nSPS) is 10.8. The third-order valence-corrected chi connectivity index (χ3v) is 2.75. The Morgan fingerprint density at radius 1 is 1.21 bits per heavy atom. The predicted molar refractivity (Wildman–Crippen MR) is 74.8 cm³/mol. The van der Waals surface area contributed by atoms with Crippen molar-refractivity contribution < 1.29 is 9.47 Å². The number of nitrogen functional groups attached to an aromatic ring is 1. The van der Waals surface area contributed by atoms with Crippen LogP contribution in [0.15, 0.2) is 36.7 Å². The van der Waals surface area contributed by atoms with Crippen molar-refractivity contribution in [2.24, 2.45) is 0 Å². The number of nitrogens with zero attached hydrogens (tertiary/aromatic N) is 2. The number of hydrogen-bond acceptors (Lipinski definition) is 4. The van der Waals surface area contributed by atoms with Crippen LogP contribution in [-0.2, 0) is 16.0 Å². The molecule has 102 valence electrons. The summed E-state index contributed by atoms with van der Waals surface area (Å²) in [6, 6.07) is 7.77. The van der Waals surface area contributed by atoms with E-state index in [2.05, 4.69) is 5.10 Å². The number of hydrogen-bond donors (Lipinski definition) is 1. The Labute approximate surface area is 112 Å². The number of rotatable bonds is 7. The Morgan fingerprint density at radius 2 is 2.11 bits per heavy atom. The summed E-state index contributed by atoms with van der Waals surface area (Å²) < 4.78 is 12.2. The second-order valence-corrected chi connectivity index (χ2v) is 4.22. The van der Waals surface area contributed by atoms with Crippen molar-refractivity contribution in [1.82, 2.24) is 9.78 Å². The topological polar surface area (TPSA) is 62.3 Å². The summed E-state index contributed by atoms with van der Waals surface area (Å²) in [4.78, 5) is 0. The Kier molecular flexibility index (Phi) is 4.94. The molecule has 0 atom stereocenters. The van der Waals surface area contributed by atoms with Gasteiger partial charge in [0.2, 0.25) is 0 Å².